The molecule has 0 fully saturated rings. The molecule has 0 aliphatic heterocycles. The molecule has 0 spiro atoms. The van der Waals surface area contributed by atoms with E-state index in [1.807, 2.05) is 24.3 Å². The van der Waals surface area contributed by atoms with E-state index in [0.29, 0.717) is 17.1 Å². The fraction of sp³-hybridized carbons (Fsp3) is 0.286. The third-order valence-corrected chi connectivity index (χ3v) is 3.93. The minimum atomic E-state index is -0.567. The number of anilines is 1. The number of nitrogens with zero attached hydrogens (tertiary/aromatic N) is 2. The molecule has 6 nitrogen and oxygen atoms in total. The topological polar surface area (TPSA) is 83.3 Å². The van der Waals surface area contributed by atoms with Gasteiger partial charge in [0.25, 0.3) is 5.91 Å². The number of aliphatic hydroxyl groups is 1. The van der Waals surface area contributed by atoms with Crippen molar-refractivity contribution in [2.75, 3.05) is 12.4 Å². The Morgan fingerprint density at radius 2 is 1.85 bits per heavy atom. The highest BCUT2D eigenvalue weighted by Gasteiger charge is 2.15. The highest BCUT2D eigenvalue weighted by Crippen LogP contribution is 2.24. The Morgan fingerprint density at radius 3 is 2.48 bits per heavy atom. The van der Waals surface area contributed by atoms with E-state index in [2.05, 4.69) is 22.5 Å². The van der Waals surface area contributed by atoms with Crippen LogP contribution in [0, 0.1) is 0 Å². The molecule has 0 aromatic heterocycles. The van der Waals surface area contributed by atoms with Crippen molar-refractivity contribution in [1.82, 2.24) is 0 Å². The van der Waals surface area contributed by atoms with Crippen molar-refractivity contribution in [2.45, 2.75) is 33.1 Å². The Morgan fingerprint density at radius 1 is 1.15 bits per heavy atom. The molecule has 6 heteroatoms. The number of para-hydroxylation sites is 2. The van der Waals surface area contributed by atoms with E-state index in [1.54, 1.807) is 24.3 Å². The lowest BCUT2D eigenvalue weighted by Gasteiger charge is -2.09. The van der Waals surface area contributed by atoms with Crippen molar-refractivity contribution in [3.8, 4) is 5.75 Å². The summed E-state index contributed by atoms with van der Waals surface area (Å²) in [5.41, 5.74) is 2.17. The maximum atomic E-state index is 12.5. The highest BCUT2D eigenvalue weighted by molar-refractivity contribution is 6.04. The average Bonchev–Trinajstić information content (AvgIpc) is 2.67. The fourth-order valence-electron chi connectivity index (χ4n) is 2.43. The molecule has 0 aliphatic carbocycles. The molecular weight excluding hydrogens is 342 g/mol. The third-order valence-electron chi connectivity index (χ3n) is 3.93. The van der Waals surface area contributed by atoms with Crippen LogP contribution in [0.15, 0.2) is 70.2 Å². The summed E-state index contributed by atoms with van der Waals surface area (Å²) in [5.74, 6) is -0.270. The first kappa shape index (κ1) is 20.2. The Bertz CT molecular complexity index is 823. The Hall–Kier alpha value is -3.15. The van der Waals surface area contributed by atoms with Crippen molar-refractivity contribution in [1.29, 1.82) is 0 Å². The van der Waals surface area contributed by atoms with Crippen LogP contribution in [-0.4, -0.2) is 18.1 Å². The molecule has 0 aliphatic rings. The molecule has 2 N–H and O–H groups in total. The van der Waals surface area contributed by atoms with E-state index in [4.69, 9.17) is 4.74 Å². The molecule has 1 amide bonds. The predicted octanol–water partition coefficient (Wildman–Crippen LogP) is 5.55. The van der Waals surface area contributed by atoms with Crippen LogP contribution in [0.4, 0.5) is 11.4 Å². The lowest BCUT2D eigenvalue weighted by Crippen LogP contribution is -2.15. The number of carbonyl (C=O) groups excluding carboxylic acids is 1. The van der Waals surface area contributed by atoms with E-state index in [9.17, 15) is 9.90 Å². The summed E-state index contributed by atoms with van der Waals surface area (Å²) in [5, 5.41) is 20.5. The zero-order valence-corrected chi connectivity index (χ0v) is 15.9. The number of benzene rings is 2. The van der Waals surface area contributed by atoms with Gasteiger partial charge in [0, 0.05) is 0 Å². The van der Waals surface area contributed by atoms with E-state index in [-0.39, 0.29) is 11.5 Å². The van der Waals surface area contributed by atoms with Crippen molar-refractivity contribution < 1.29 is 14.6 Å². The third kappa shape index (κ3) is 5.95. The molecule has 0 saturated carbocycles. The largest absolute Gasteiger partial charge is 0.510 e. The van der Waals surface area contributed by atoms with Crippen LogP contribution in [-0.2, 0) is 11.2 Å². The molecule has 27 heavy (non-hydrogen) atoms. The van der Waals surface area contributed by atoms with Crippen molar-refractivity contribution >= 4 is 17.3 Å². The number of amides is 1. The van der Waals surface area contributed by atoms with Gasteiger partial charge < -0.3 is 15.2 Å². The maximum absolute atomic E-state index is 12.5. The number of unbranched alkanes of at least 4 members (excludes halogenated alkanes) is 1. The number of aryl methyl sites for hydroxylation is 1. The quantitative estimate of drug-likeness (QED) is 0.364. The van der Waals surface area contributed by atoms with Gasteiger partial charge in [-0.05, 0) is 49.6 Å². The summed E-state index contributed by atoms with van der Waals surface area (Å²) in [6, 6.07) is 14.7. The number of hydrogen-bond acceptors (Lipinski definition) is 5. The second kappa shape index (κ2) is 10.1. The molecule has 0 unspecified atom stereocenters. The summed E-state index contributed by atoms with van der Waals surface area (Å²) in [7, 11) is 1.52. The lowest BCUT2D eigenvalue weighted by molar-refractivity contribution is -0.113. The molecule has 142 valence electrons. The fourth-order valence-corrected chi connectivity index (χ4v) is 2.43. The first-order chi connectivity index (χ1) is 13.0. The van der Waals surface area contributed by atoms with Crippen molar-refractivity contribution in [3.63, 3.8) is 0 Å². The summed E-state index contributed by atoms with van der Waals surface area (Å²) in [6.45, 7) is 3.55. The summed E-state index contributed by atoms with van der Waals surface area (Å²) < 4.78 is 5.21. The molecule has 0 radical (unpaired) electrons. The van der Waals surface area contributed by atoms with Gasteiger partial charge in [-0.1, -0.05) is 37.6 Å². The predicted molar refractivity (Wildman–Crippen MR) is 107 cm³/mol. The number of methoxy groups -OCH3 is 1. The number of hydrogen-bond donors (Lipinski definition) is 2. The Labute approximate surface area is 159 Å². The number of azo groups is 1. The number of ether oxygens (including phenoxy) is 1. The van der Waals surface area contributed by atoms with Gasteiger partial charge >= 0.3 is 0 Å². The zero-order chi connectivity index (χ0) is 19.6. The smallest absolute Gasteiger partial charge is 0.279 e. The number of carbonyl (C=O) groups is 1. The minimum absolute atomic E-state index is 0.157. The summed E-state index contributed by atoms with van der Waals surface area (Å²) in [4.78, 5) is 12.5. The van der Waals surface area contributed by atoms with Gasteiger partial charge in [0.1, 0.15) is 11.5 Å². The molecular formula is C21H25N3O3. The van der Waals surface area contributed by atoms with Crippen LogP contribution in [0.5, 0.6) is 5.75 Å². The first-order valence-corrected chi connectivity index (χ1v) is 8.90. The highest BCUT2D eigenvalue weighted by atomic mass is 16.5. The maximum Gasteiger partial charge on any atom is 0.279 e. The van der Waals surface area contributed by atoms with E-state index in [0.717, 1.165) is 19.3 Å². The normalized spacial score (nSPS) is 12.0. The summed E-state index contributed by atoms with van der Waals surface area (Å²) >= 11 is 0. The SMILES string of the molecule is CCCCc1ccc(N=N/C(C(=O)Nc2ccccc2OC)=C(/C)O)cc1. The van der Waals surface area contributed by atoms with E-state index in [1.165, 1.54) is 19.6 Å². The summed E-state index contributed by atoms with van der Waals surface area (Å²) in [6.07, 6.45) is 3.31. The molecule has 2 rings (SSSR count). The molecule has 2 aromatic rings. The van der Waals surface area contributed by atoms with Gasteiger partial charge in [0.15, 0.2) is 5.70 Å². The standard InChI is InChI=1S/C21H25N3O3/c1-4-5-8-16-11-13-17(14-12-16)23-24-20(15(2)25)21(26)22-18-9-6-7-10-19(18)27-3/h6-7,9-14,25H,4-5,8H2,1-3H3,(H,22,26)/b20-15-,24-23?. The van der Waals surface area contributed by atoms with Crippen LogP contribution in [0.2, 0.25) is 0 Å². The van der Waals surface area contributed by atoms with Crippen molar-refractivity contribution in [3.05, 3.63) is 65.6 Å². The number of aliphatic hydroxyl groups excluding tert-OH is 1. The average molecular weight is 367 g/mol. The molecule has 2 aromatic carbocycles. The molecule has 0 saturated heterocycles. The van der Waals surface area contributed by atoms with Gasteiger partial charge in [-0.15, -0.1) is 5.11 Å². The van der Waals surface area contributed by atoms with Gasteiger partial charge in [0.2, 0.25) is 0 Å². The molecule has 0 heterocycles. The van der Waals surface area contributed by atoms with Crippen LogP contribution in [0.25, 0.3) is 0 Å². The van der Waals surface area contributed by atoms with Crippen LogP contribution < -0.4 is 10.1 Å². The molecule has 0 bridgehead atoms. The zero-order valence-electron chi connectivity index (χ0n) is 15.9. The minimum Gasteiger partial charge on any atom is -0.510 e. The number of rotatable bonds is 8. The van der Waals surface area contributed by atoms with Gasteiger partial charge in [-0.2, -0.15) is 5.11 Å². The van der Waals surface area contributed by atoms with Crippen LogP contribution in [0.3, 0.4) is 0 Å². The Kier molecular flexibility index (Phi) is 7.55. The van der Waals surface area contributed by atoms with E-state index < -0.39 is 5.91 Å². The number of nitrogens with one attached hydrogen (secondary N) is 1. The molecule has 0 atom stereocenters. The van der Waals surface area contributed by atoms with Crippen LogP contribution in [0.1, 0.15) is 32.3 Å². The second-order valence-corrected chi connectivity index (χ2v) is 6.06. The lowest BCUT2D eigenvalue weighted by atomic mass is 10.1. The van der Waals surface area contributed by atoms with Crippen molar-refractivity contribution in [2.24, 2.45) is 10.2 Å². The van der Waals surface area contributed by atoms with Gasteiger partial charge in [-0.25, -0.2) is 0 Å². The number of allylic oxidation sites excluding steroid dienone is 1. The monoisotopic (exact) mass is 367 g/mol. The van der Waals surface area contributed by atoms with Crippen LogP contribution >= 0.6 is 0 Å². The van der Waals surface area contributed by atoms with E-state index >= 15 is 0 Å². The van der Waals surface area contributed by atoms with Gasteiger partial charge in [-0.3, -0.25) is 4.79 Å². The first-order valence-electron chi connectivity index (χ1n) is 8.90. The van der Waals surface area contributed by atoms with Gasteiger partial charge in [0.05, 0.1) is 18.5 Å². The second-order valence-electron chi connectivity index (χ2n) is 6.06. The Balaban J connectivity index is 2.12.